The van der Waals surface area contributed by atoms with Crippen LogP contribution in [0.5, 0.6) is 0 Å². The molecular formula is C13H17Cl. The van der Waals surface area contributed by atoms with Gasteiger partial charge in [-0.05, 0) is 36.3 Å². The quantitative estimate of drug-likeness (QED) is 0.679. The minimum absolute atomic E-state index is 0.736. The Morgan fingerprint density at radius 2 is 2.00 bits per heavy atom. The van der Waals surface area contributed by atoms with E-state index in [0.717, 1.165) is 16.9 Å². The summed E-state index contributed by atoms with van der Waals surface area (Å²) in [4.78, 5) is 0. The van der Waals surface area contributed by atoms with Gasteiger partial charge < -0.3 is 0 Å². The molecule has 1 aromatic rings. The zero-order valence-corrected chi connectivity index (χ0v) is 9.43. The minimum Gasteiger partial charge on any atom is -0.0840 e. The highest BCUT2D eigenvalue weighted by Crippen LogP contribution is 2.45. The number of hydrogen-bond acceptors (Lipinski definition) is 0. The highest BCUT2D eigenvalue weighted by atomic mass is 35.5. The molecule has 1 aliphatic carbocycles. The van der Waals surface area contributed by atoms with Crippen LogP contribution in [0, 0.1) is 5.92 Å². The number of rotatable bonds is 3. The van der Waals surface area contributed by atoms with Gasteiger partial charge in [0.05, 0.1) is 0 Å². The highest BCUT2D eigenvalue weighted by molar-refractivity contribution is 6.31. The molecule has 0 saturated heterocycles. The van der Waals surface area contributed by atoms with Crippen molar-refractivity contribution in [2.24, 2.45) is 5.92 Å². The molecule has 1 aromatic carbocycles. The van der Waals surface area contributed by atoms with E-state index >= 15 is 0 Å². The summed E-state index contributed by atoms with van der Waals surface area (Å²) < 4.78 is 0. The van der Waals surface area contributed by atoms with Crippen LogP contribution in [0.3, 0.4) is 0 Å². The van der Waals surface area contributed by atoms with Crippen molar-refractivity contribution in [1.29, 1.82) is 0 Å². The molecule has 0 aromatic heterocycles. The molecule has 0 unspecified atom stereocenters. The maximum Gasteiger partial charge on any atom is 0.0440 e. The van der Waals surface area contributed by atoms with Crippen LogP contribution in [-0.2, 0) is 0 Å². The van der Waals surface area contributed by atoms with Crippen molar-refractivity contribution < 1.29 is 0 Å². The minimum atomic E-state index is 0.736. The van der Waals surface area contributed by atoms with Crippen molar-refractivity contribution in [2.75, 3.05) is 0 Å². The average Bonchev–Trinajstić information content (AvgIpc) is 2.12. The van der Waals surface area contributed by atoms with Crippen LogP contribution in [-0.4, -0.2) is 0 Å². The fourth-order valence-corrected chi connectivity index (χ4v) is 2.73. The van der Waals surface area contributed by atoms with Gasteiger partial charge in [-0.2, -0.15) is 0 Å². The third-order valence-corrected chi connectivity index (χ3v) is 3.62. The highest BCUT2D eigenvalue weighted by Gasteiger charge is 2.30. The summed E-state index contributed by atoms with van der Waals surface area (Å²) in [6.45, 7) is 2.27. The topological polar surface area (TPSA) is 0 Å². The fraction of sp³-hybridized carbons (Fsp3) is 0.538. The normalized spacial score (nSPS) is 25.9. The van der Waals surface area contributed by atoms with Crippen LogP contribution in [0.25, 0.3) is 0 Å². The smallest absolute Gasteiger partial charge is 0.0440 e. The first kappa shape index (κ1) is 10.0. The van der Waals surface area contributed by atoms with Crippen molar-refractivity contribution in [3.63, 3.8) is 0 Å². The monoisotopic (exact) mass is 208 g/mol. The molecule has 1 aliphatic rings. The van der Waals surface area contributed by atoms with E-state index in [2.05, 4.69) is 19.1 Å². The standard InChI is InChI=1S/C13H17Cl/c1-2-5-10-8-11(9-10)12-6-3-4-7-13(12)14/h3-4,6-7,10-11H,2,5,8-9H2,1H3. The molecule has 1 heteroatoms. The Morgan fingerprint density at radius 3 is 2.64 bits per heavy atom. The lowest BCUT2D eigenvalue weighted by Gasteiger charge is -2.36. The van der Waals surface area contributed by atoms with Gasteiger partial charge in [0.1, 0.15) is 0 Å². The molecule has 14 heavy (non-hydrogen) atoms. The first-order valence-electron chi connectivity index (χ1n) is 5.55. The summed E-state index contributed by atoms with van der Waals surface area (Å²) in [6, 6.07) is 8.28. The number of benzene rings is 1. The largest absolute Gasteiger partial charge is 0.0840 e. The zero-order chi connectivity index (χ0) is 9.97. The summed E-state index contributed by atoms with van der Waals surface area (Å²) in [6.07, 6.45) is 5.40. The second-order valence-electron chi connectivity index (χ2n) is 4.34. The third-order valence-electron chi connectivity index (χ3n) is 3.28. The van der Waals surface area contributed by atoms with Gasteiger partial charge in [-0.25, -0.2) is 0 Å². The van der Waals surface area contributed by atoms with Gasteiger partial charge >= 0.3 is 0 Å². The van der Waals surface area contributed by atoms with Gasteiger partial charge in [-0.3, -0.25) is 0 Å². The maximum atomic E-state index is 6.16. The Hall–Kier alpha value is -0.490. The second kappa shape index (κ2) is 4.35. The van der Waals surface area contributed by atoms with E-state index in [-0.39, 0.29) is 0 Å². The van der Waals surface area contributed by atoms with Gasteiger partial charge in [0, 0.05) is 5.02 Å². The molecule has 0 nitrogen and oxygen atoms in total. The Morgan fingerprint density at radius 1 is 1.29 bits per heavy atom. The Labute approximate surface area is 91.3 Å². The van der Waals surface area contributed by atoms with Gasteiger partial charge in [-0.15, -0.1) is 0 Å². The average molecular weight is 209 g/mol. The summed E-state index contributed by atoms with van der Waals surface area (Å²) >= 11 is 6.16. The Bertz CT molecular complexity index is 300. The lowest BCUT2D eigenvalue weighted by molar-refractivity contribution is 0.246. The van der Waals surface area contributed by atoms with Crippen LogP contribution in [0.1, 0.15) is 44.1 Å². The molecule has 0 amide bonds. The van der Waals surface area contributed by atoms with Crippen molar-refractivity contribution in [1.82, 2.24) is 0 Å². The first-order valence-corrected chi connectivity index (χ1v) is 5.93. The Balaban J connectivity index is 1.96. The molecule has 0 heterocycles. The van der Waals surface area contributed by atoms with E-state index in [1.165, 1.54) is 31.2 Å². The van der Waals surface area contributed by atoms with Crippen molar-refractivity contribution in [3.05, 3.63) is 34.9 Å². The van der Waals surface area contributed by atoms with E-state index < -0.39 is 0 Å². The van der Waals surface area contributed by atoms with Crippen molar-refractivity contribution in [2.45, 2.75) is 38.5 Å². The molecule has 0 bridgehead atoms. The molecule has 0 N–H and O–H groups in total. The van der Waals surface area contributed by atoms with Crippen LogP contribution < -0.4 is 0 Å². The van der Waals surface area contributed by atoms with Crippen LogP contribution in [0.4, 0.5) is 0 Å². The van der Waals surface area contributed by atoms with Gasteiger partial charge in [0.15, 0.2) is 0 Å². The molecule has 76 valence electrons. The second-order valence-corrected chi connectivity index (χ2v) is 4.75. The molecular weight excluding hydrogens is 192 g/mol. The summed E-state index contributed by atoms with van der Waals surface area (Å²) in [5.74, 6) is 1.70. The lowest BCUT2D eigenvalue weighted by atomic mass is 9.70. The third kappa shape index (κ3) is 1.95. The summed E-state index contributed by atoms with van der Waals surface area (Å²) in [5, 5.41) is 0.951. The number of hydrogen-bond donors (Lipinski definition) is 0. The Kier molecular flexibility index (Phi) is 3.12. The maximum absolute atomic E-state index is 6.16. The van der Waals surface area contributed by atoms with Gasteiger partial charge in [0.25, 0.3) is 0 Å². The van der Waals surface area contributed by atoms with E-state index in [1.807, 2.05) is 12.1 Å². The predicted molar refractivity (Wildman–Crippen MR) is 61.8 cm³/mol. The van der Waals surface area contributed by atoms with Crippen LogP contribution >= 0.6 is 11.6 Å². The molecule has 0 aliphatic heterocycles. The number of halogens is 1. The zero-order valence-electron chi connectivity index (χ0n) is 8.67. The lowest BCUT2D eigenvalue weighted by Crippen LogP contribution is -2.21. The first-order chi connectivity index (χ1) is 6.81. The van der Waals surface area contributed by atoms with Crippen LogP contribution in [0.15, 0.2) is 24.3 Å². The summed E-state index contributed by atoms with van der Waals surface area (Å²) in [7, 11) is 0. The van der Waals surface area contributed by atoms with E-state index in [9.17, 15) is 0 Å². The van der Waals surface area contributed by atoms with Gasteiger partial charge in [0.2, 0.25) is 0 Å². The predicted octanol–water partition coefficient (Wildman–Crippen LogP) is 4.63. The summed E-state index contributed by atoms with van der Waals surface area (Å²) in [5.41, 5.74) is 1.36. The van der Waals surface area contributed by atoms with Crippen molar-refractivity contribution >= 4 is 11.6 Å². The molecule has 0 radical (unpaired) electrons. The molecule has 1 fully saturated rings. The molecule has 1 saturated carbocycles. The SMILES string of the molecule is CCCC1CC(c2ccccc2Cl)C1. The van der Waals surface area contributed by atoms with E-state index in [0.29, 0.717) is 0 Å². The van der Waals surface area contributed by atoms with E-state index in [1.54, 1.807) is 0 Å². The molecule has 0 spiro atoms. The van der Waals surface area contributed by atoms with Crippen LogP contribution in [0.2, 0.25) is 5.02 Å². The fourth-order valence-electron chi connectivity index (χ4n) is 2.44. The molecule has 2 rings (SSSR count). The van der Waals surface area contributed by atoms with Crippen molar-refractivity contribution in [3.8, 4) is 0 Å². The molecule has 0 atom stereocenters. The van der Waals surface area contributed by atoms with Gasteiger partial charge in [-0.1, -0.05) is 49.6 Å². The van der Waals surface area contributed by atoms with E-state index in [4.69, 9.17) is 11.6 Å².